The molecule has 1 fully saturated rings. The highest BCUT2D eigenvalue weighted by molar-refractivity contribution is 5.32. The number of nitrogens with one attached hydrogen (secondary N) is 1. The Balaban J connectivity index is 1.73. The first kappa shape index (κ1) is 15.7. The Morgan fingerprint density at radius 1 is 1.30 bits per heavy atom. The van der Waals surface area contributed by atoms with Crippen molar-refractivity contribution in [1.29, 1.82) is 0 Å². The minimum absolute atomic E-state index is 0.342. The number of aliphatic hydroxyl groups excluding tert-OH is 3. The van der Waals surface area contributed by atoms with E-state index in [4.69, 9.17) is 14.3 Å². The number of ether oxygens (including phenoxy) is 1. The smallest absolute Gasteiger partial charge is 0.351 e. The van der Waals surface area contributed by atoms with E-state index in [1.54, 1.807) is 24.5 Å². The van der Waals surface area contributed by atoms with Crippen molar-refractivity contribution in [3.8, 4) is 0 Å². The number of rotatable bonds is 5. The normalized spacial score (nSPS) is 27.3. The molecule has 9 heteroatoms. The molecule has 4 N–H and O–H groups in total. The summed E-state index contributed by atoms with van der Waals surface area (Å²) in [5.74, 6) is 1.04. The zero-order valence-corrected chi connectivity index (χ0v) is 12.1. The van der Waals surface area contributed by atoms with Crippen LogP contribution in [0.2, 0.25) is 0 Å². The Bertz CT molecular complexity index is 701. The number of aliphatic hydroxyl groups is 3. The van der Waals surface area contributed by atoms with Gasteiger partial charge in [-0.3, -0.25) is 4.57 Å². The molecule has 4 atom stereocenters. The van der Waals surface area contributed by atoms with E-state index in [1.807, 2.05) is 0 Å². The first-order valence-corrected chi connectivity index (χ1v) is 7.08. The molecule has 3 heterocycles. The van der Waals surface area contributed by atoms with Gasteiger partial charge >= 0.3 is 5.69 Å². The third kappa shape index (κ3) is 3.13. The van der Waals surface area contributed by atoms with Gasteiger partial charge < -0.3 is 29.8 Å². The van der Waals surface area contributed by atoms with Crippen molar-refractivity contribution in [3.05, 3.63) is 46.9 Å². The number of hydrogen-bond donors (Lipinski definition) is 4. The number of furan rings is 1. The fourth-order valence-corrected chi connectivity index (χ4v) is 2.41. The SMILES string of the molecule is O=c1nc(NCc2ccco2)ccn1[C@H]1O[C@@H](CO)[C@@H](O)[C@H]1O. The molecular weight excluding hydrogens is 306 g/mol. The predicted molar refractivity (Wildman–Crippen MR) is 77.5 cm³/mol. The summed E-state index contributed by atoms with van der Waals surface area (Å²) in [7, 11) is 0. The number of aromatic nitrogens is 2. The van der Waals surface area contributed by atoms with Crippen LogP contribution in [0.15, 0.2) is 39.9 Å². The monoisotopic (exact) mass is 323 g/mol. The lowest BCUT2D eigenvalue weighted by Gasteiger charge is -2.17. The van der Waals surface area contributed by atoms with Crippen molar-refractivity contribution in [3.63, 3.8) is 0 Å². The van der Waals surface area contributed by atoms with Gasteiger partial charge in [0, 0.05) is 6.20 Å². The van der Waals surface area contributed by atoms with Crippen molar-refractivity contribution < 1.29 is 24.5 Å². The second kappa shape index (κ2) is 6.50. The molecule has 0 bridgehead atoms. The van der Waals surface area contributed by atoms with E-state index in [1.165, 1.54) is 6.20 Å². The van der Waals surface area contributed by atoms with Gasteiger partial charge in [0.2, 0.25) is 0 Å². The molecule has 0 amide bonds. The van der Waals surface area contributed by atoms with Gasteiger partial charge in [0.05, 0.1) is 19.4 Å². The topological polar surface area (TPSA) is 130 Å². The molecule has 124 valence electrons. The highest BCUT2D eigenvalue weighted by atomic mass is 16.6. The first-order chi connectivity index (χ1) is 11.1. The molecule has 0 spiro atoms. The van der Waals surface area contributed by atoms with E-state index in [0.717, 1.165) is 4.57 Å². The van der Waals surface area contributed by atoms with E-state index in [0.29, 0.717) is 18.1 Å². The molecule has 9 nitrogen and oxygen atoms in total. The van der Waals surface area contributed by atoms with Crippen LogP contribution in [0, 0.1) is 0 Å². The molecule has 0 radical (unpaired) electrons. The second-order valence-electron chi connectivity index (χ2n) is 5.16. The van der Waals surface area contributed by atoms with Gasteiger partial charge in [-0.15, -0.1) is 0 Å². The highest BCUT2D eigenvalue weighted by Gasteiger charge is 2.43. The molecule has 0 saturated carbocycles. The molecule has 0 aliphatic carbocycles. The average molecular weight is 323 g/mol. The maximum absolute atomic E-state index is 12.1. The van der Waals surface area contributed by atoms with Gasteiger partial charge in [-0.05, 0) is 18.2 Å². The van der Waals surface area contributed by atoms with Crippen LogP contribution in [-0.4, -0.2) is 49.8 Å². The van der Waals surface area contributed by atoms with E-state index in [2.05, 4.69) is 10.3 Å². The fraction of sp³-hybridized carbons (Fsp3) is 0.429. The summed E-state index contributed by atoms with van der Waals surface area (Å²) in [4.78, 5) is 15.9. The molecular formula is C14H17N3O6. The van der Waals surface area contributed by atoms with Crippen LogP contribution in [0.4, 0.5) is 5.82 Å². The number of hydrogen-bond acceptors (Lipinski definition) is 8. The maximum atomic E-state index is 12.1. The van der Waals surface area contributed by atoms with E-state index in [9.17, 15) is 15.0 Å². The van der Waals surface area contributed by atoms with Gasteiger partial charge in [-0.1, -0.05) is 0 Å². The van der Waals surface area contributed by atoms with Gasteiger partial charge in [0.15, 0.2) is 6.23 Å². The lowest BCUT2D eigenvalue weighted by molar-refractivity contribution is -0.0549. The zero-order valence-electron chi connectivity index (χ0n) is 12.1. The third-order valence-electron chi connectivity index (χ3n) is 3.65. The molecule has 1 saturated heterocycles. The van der Waals surface area contributed by atoms with Gasteiger partial charge in [-0.2, -0.15) is 4.98 Å². The second-order valence-corrected chi connectivity index (χ2v) is 5.16. The van der Waals surface area contributed by atoms with Crippen LogP contribution < -0.4 is 11.0 Å². The van der Waals surface area contributed by atoms with Crippen molar-refractivity contribution in [2.24, 2.45) is 0 Å². The van der Waals surface area contributed by atoms with Gasteiger partial charge in [0.1, 0.15) is 29.9 Å². The van der Waals surface area contributed by atoms with E-state index in [-0.39, 0.29) is 0 Å². The van der Waals surface area contributed by atoms with E-state index < -0.39 is 36.8 Å². The quantitative estimate of drug-likeness (QED) is 0.555. The van der Waals surface area contributed by atoms with E-state index >= 15 is 0 Å². The van der Waals surface area contributed by atoms with Crippen molar-refractivity contribution in [2.45, 2.75) is 31.1 Å². The molecule has 1 aliphatic heterocycles. The summed E-state index contributed by atoms with van der Waals surface area (Å²) in [6, 6.07) is 5.08. The summed E-state index contributed by atoms with van der Waals surface area (Å²) in [6.45, 7) is -0.0863. The zero-order chi connectivity index (χ0) is 16.4. The first-order valence-electron chi connectivity index (χ1n) is 7.08. The number of anilines is 1. The van der Waals surface area contributed by atoms with Crippen molar-refractivity contribution in [1.82, 2.24) is 9.55 Å². The van der Waals surface area contributed by atoms with Crippen LogP contribution in [0.1, 0.15) is 12.0 Å². The molecule has 3 rings (SSSR count). The Morgan fingerprint density at radius 3 is 2.74 bits per heavy atom. The molecule has 23 heavy (non-hydrogen) atoms. The maximum Gasteiger partial charge on any atom is 0.351 e. The molecule has 2 aromatic heterocycles. The molecule has 0 unspecified atom stereocenters. The fourth-order valence-electron chi connectivity index (χ4n) is 2.41. The van der Waals surface area contributed by atoms with Crippen LogP contribution in [0.5, 0.6) is 0 Å². The van der Waals surface area contributed by atoms with Crippen LogP contribution in [-0.2, 0) is 11.3 Å². The molecule has 2 aromatic rings. The van der Waals surface area contributed by atoms with Crippen LogP contribution in [0.25, 0.3) is 0 Å². The average Bonchev–Trinajstić information content (AvgIpc) is 3.16. The summed E-state index contributed by atoms with van der Waals surface area (Å²) >= 11 is 0. The lowest BCUT2D eigenvalue weighted by atomic mass is 10.1. The molecule has 1 aliphatic rings. The Labute approximate surface area is 130 Å². The Morgan fingerprint density at radius 2 is 2.13 bits per heavy atom. The highest BCUT2D eigenvalue weighted by Crippen LogP contribution is 2.28. The summed E-state index contributed by atoms with van der Waals surface area (Å²) in [6.07, 6.45) is -1.69. The third-order valence-corrected chi connectivity index (χ3v) is 3.65. The standard InChI is InChI=1S/C14H17N3O6/c18-7-9-11(19)12(20)13(23-9)17-4-3-10(16-14(17)21)15-6-8-2-1-5-22-8/h1-5,9,11-13,18-20H,6-7H2,(H,15,16,21)/t9-,11+,12+,13-/m0/s1. The van der Waals surface area contributed by atoms with Crippen molar-refractivity contribution in [2.75, 3.05) is 11.9 Å². The summed E-state index contributed by atoms with van der Waals surface area (Å²) in [5.41, 5.74) is -0.649. The van der Waals surface area contributed by atoms with Crippen molar-refractivity contribution >= 4 is 5.82 Å². The van der Waals surface area contributed by atoms with Crippen LogP contribution in [0.3, 0.4) is 0 Å². The van der Waals surface area contributed by atoms with Gasteiger partial charge in [0.25, 0.3) is 0 Å². The Kier molecular flexibility index (Phi) is 4.44. The minimum Gasteiger partial charge on any atom is -0.467 e. The molecule has 0 aromatic carbocycles. The summed E-state index contributed by atoms with van der Waals surface area (Å²) < 4.78 is 11.5. The summed E-state index contributed by atoms with van der Waals surface area (Å²) in [5, 5.41) is 31.7. The van der Waals surface area contributed by atoms with Crippen LogP contribution >= 0.6 is 0 Å². The predicted octanol–water partition coefficient (Wildman–Crippen LogP) is -0.940. The van der Waals surface area contributed by atoms with Gasteiger partial charge in [-0.25, -0.2) is 4.79 Å². The largest absolute Gasteiger partial charge is 0.467 e. The lowest BCUT2D eigenvalue weighted by Crippen LogP contribution is -2.36. The number of nitrogens with zero attached hydrogens (tertiary/aromatic N) is 2. The minimum atomic E-state index is -1.33. The Hall–Kier alpha value is -2.20.